The molecule has 0 saturated carbocycles. The largest absolute Gasteiger partial charge is 0.497 e. The van der Waals surface area contributed by atoms with Gasteiger partial charge in [0, 0.05) is 25.1 Å². The Balaban J connectivity index is 1.83. The van der Waals surface area contributed by atoms with E-state index in [1.165, 1.54) is 0 Å². The fraction of sp³-hybridized carbons (Fsp3) is 0.474. The average molecular weight is 328 g/mol. The standard InChI is InChI=1S/C19H24N2O3/c1-4-24-15-7-9-21(10-8-15)19(22)17-12-14-11-16(23-3)5-6-18(14)20-13(17)2/h5-6,11-12,15H,4,7-10H2,1-3H3. The highest BCUT2D eigenvalue weighted by molar-refractivity contribution is 5.98. The first kappa shape index (κ1) is 16.7. The Bertz CT molecular complexity index is 737. The lowest BCUT2D eigenvalue weighted by Gasteiger charge is -2.32. The van der Waals surface area contributed by atoms with Gasteiger partial charge in [-0.05, 0) is 51.0 Å². The summed E-state index contributed by atoms with van der Waals surface area (Å²) in [5.41, 5.74) is 2.31. The minimum Gasteiger partial charge on any atom is -0.497 e. The molecule has 0 unspecified atom stereocenters. The molecule has 1 aliphatic heterocycles. The van der Waals surface area contributed by atoms with E-state index in [0.29, 0.717) is 5.56 Å². The van der Waals surface area contributed by atoms with Crippen LogP contribution in [0, 0.1) is 6.92 Å². The predicted octanol–water partition coefficient (Wildman–Crippen LogP) is 3.19. The second-order valence-electron chi connectivity index (χ2n) is 6.13. The molecule has 5 heteroatoms. The van der Waals surface area contributed by atoms with Crippen LogP contribution in [0.5, 0.6) is 5.75 Å². The number of nitrogens with zero attached hydrogens (tertiary/aromatic N) is 2. The molecule has 2 aromatic rings. The van der Waals surface area contributed by atoms with Gasteiger partial charge in [-0.25, -0.2) is 0 Å². The minimum absolute atomic E-state index is 0.0552. The van der Waals surface area contributed by atoms with Gasteiger partial charge in [0.15, 0.2) is 0 Å². The third-order valence-corrected chi connectivity index (χ3v) is 4.57. The molecule has 24 heavy (non-hydrogen) atoms. The van der Waals surface area contributed by atoms with Gasteiger partial charge in [-0.3, -0.25) is 9.78 Å². The van der Waals surface area contributed by atoms with Gasteiger partial charge in [-0.1, -0.05) is 0 Å². The fourth-order valence-electron chi connectivity index (χ4n) is 3.23. The number of methoxy groups -OCH3 is 1. The van der Waals surface area contributed by atoms with Gasteiger partial charge < -0.3 is 14.4 Å². The lowest BCUT2D eigenvalue weighted by atomic mass is 10.0. The fourth-order valence-corrected chi connectivity index (χ4v) is 3.23. The zero-order chi connectivity index (χ0) is 17.1. The van der Waals surface area contributed by atoms with Crippen molar-refractivity contribution >= 4 is 16.8 Å². The third kappa shape index (κ3) is 3.36. The number of ether oxygens (including phenoxy) is 2. The van der Waals surface area contributed by atoms with Gasteiger partial charge in [0.05, 0.1) is 30.0 Å². The number of aryl methyl sites for hydroxylation is 1. The zero-order valence-corrected chi connectivity index (χ0v) is 14.5. The maximum Gasteiger partial charge on any atom is 0.255 e. The van der Waals surface area contributed by atoms with Gasteiger partial charge in [0.25, 0.3) is 5.91 Å². The van der Waals surface area contributed by atoms with Crippen molar-refractivity contribution in [2.45, 2.75) is 32.8 Å². The van der Waals surface area contributed by atoms with E-state index >= 15 is 0 Å². The van der Waals surface area contributed by atoms with Crippen LogP contribution in [-0.4, -0.2) is 48.7 Å². The number of aromatic nitrogens is 1. The quantitative estimate of drug-likeness (QED) is 0.865. The third-order valence-electron chi connectivity index (χ3n) is 4.57. The van der Waals surface area contributed by atoms with Crippen molar-refractivity contribution in [3.63, 3.8) is 0 Å². The Morgan fingerprint density at radius 2 is 2.04 bits per heavy atom. The number of fused-ring (bicyclic) bond motifs is 1. The Labute approximate surface area is 142 Å². The van der Waals surface area contributed by atoms with Crippen molar-refractivity contribution in [1.29, 1.82) is 0 Å². The molecule has 1 fully saturated rings. The number of benzene rings is 1. The van der Waals surface area contributed by atoms with E-state index in [-0.39, 0.29) is 12.0 Å². The number of pyridine rings is 1. The molecule has 3 rings (SSSR count). The molecular weight excluding hydrogens is 304 g/mol. The lowest BCUT2D eigenvalue weighted by molar-refractivity contribution is 0.0146. The molecule has 0 spiro atoms. The molecule has 1 aromatic carbocycles. The van der Waals surface area contributed by atoms with Crippen LogP contribution in [0.3, 0.4) is 0 Å². The molecule has 1 aromatic heterocycles. The van der Waals surface area contributed by atoms with E-state index in [0.717, 1.165) is 54.9 Å². The van der Waals surface area contributed by atoms with E-state index in [4.69, 9.17) is 9.47 Å². The number of piperidine rings is 1. The van der Waals surface area contributed by atoms with Crippen LogP contribution in [-0.2, 0) is 4.74 Å². The summed E-state index contributed by atoms with van der Waals surface area (Å²) in [6, 6.07) is 7.65. The van der Waals surface area contributed by atoms with Crippen molar-refractivity contribution in [3.05, 3.63) is 35.5 Å². The maximum absolute atomic E-state index is 12.9. The van der Waals surface area contributed by atoms with Crippen LogP contribution in [0.15, 0.2) is 24.3 Å². The molecule has 0 atom stereocenters. The number of likely N-dealkylation sites (tertiary alicyclic amines) is 1. The molecule has 128 valence electrons. The smallest absolute Gasteiger partial charge is 0.255 e. The molecule has 1 aliphatic rings. The van der Waals surface area contributed by atoms with Gasteiger partial charge in [0.2, 0.25) is 0 Å². The van der Waals surface area contributed by atoms with Crippen LogP contribution < -0.4 is 4.74 Å². The Morgan fingerprint density at radius 1 is 1.29 bits per heavy atom. The summed E-state index contributed by atoms with van der Waals surface area (Å²) in [6.45, 7) is 6.10. The molecule has 0 N–H and O–H groups in total. The first-order valence-corrected chi connectivity index (χ1v) is 8.48. The molecular formula is C19H24N2O3. The molecule has 1 amide bonds. The number of carbonyl (C=O) groups excluding carboxylic acids is 1. The Hall–Kier alpha value is -2.14. The lowest BCUT2D eigenvalue weighted by Crippen LogP contribution is -2.41. The monoisotopic (exact) mass is 328 g/mol. The van der Waals surface area contributed by atoms with Gasteiger partial charge in [-0.15, -0.1) is 0 Å². The van der Waals surface area contributed by atoms with Crippen molar-refractivity contribution in [3.8, 4) is 5.75 Å². The first-order chi connectivity index (χ1) is 11.6. The van der Waals surface area contributed by atoms with E-state index in [9.17, 15) is 4.79 Å². The molecule has 5 nitrogen and oxygen atoms in total. The number of amides is 1. The molecule has 0 bridgehead atoms. The normalized spacial score (nSPS) is 15.7. The molecule has 1 saturated heterocycles. The van der Waals surface area contributed by atoms with E-state index in [1.807, 2.05) is 43.0 Å². The second-order valence-corrected chi connectivity index (χ2v) is 6.13. The van der Waals surface area contributed by atoms with E-state index in [2.05, 4.69) is 4.98 Å². The van der Waals surface area contributed by atoms with Crippen molar-refractivity contribution in [1.82, 2.24) is 9.88 Å². The van der Waals surface area contributed by atoms with Gasteiger partial charge in [0.1, 0.15) is 5.75 Å². The van der Waals surface area contributed by atoms with Crippen molar-refractivity contribution in [2.24, 2.45) is 0 Å². The van der Waals surface area contributed by atoms with Crippen molar-refractivity contribution in [2.75, 3.05) is 26.8 Å². The predicted molar refractivity (Wildman–Crippen MR) is 93.6 cm³/mol. The molecule has 0 aliphatic carbocycles. The summed E-state index contributed by atoms with van der Waals surface area (Å²) in [5.74, 6) is 0.823. The van der Waals surface area contributed by atoms with Crippen LogP contribution >= 0.6 is 0 Å². The SMILES string of the molecule is CCOC1CCN(C(=O)c2cc3cc(OC)ccc3nc2C)CC1. The van der Waals surface area contributed by atoms with Crippen LogP contribution in [0.2, 0.25) is 0 Å². The minimum atomic E-state index is 0.0552. The highest BCUT2D eigenvalue weighted by Gasteiger charge is 2.25. The van der Waals surface area contributed by atoms with Crippen LogP contribution in [0.1, 0.15) is 35.8 Å². The topological polar surface area (TPSA) is 51.7 Å². The van der Waals surface area contributed by atoms with Gasteiger partial charge in [-0.2, -0.15) is 0 Å². The van der Waals surface area contributed by atoms with Gasteiger partial charge >= 0.3 is 0 Å². The van der Waals surface area contributed by atoms with Crippen LogP contribution in [0.25, 0.3) is 10.9 Å². The number of hydrogen-bond donors (Lipinski definition) is 0. The summed E-state index contributed by atoms with van der Waals surface area (Å²) in [4.78, 5) is 19.4. The summed E-state index contributed by atoms with van der Waals surface area (Å²) in [6.07, 6.45) is 2.07. The molecule has 2 heterocycles. The number of carbonyl (C=O) groups is 1. The summed E-state index contributed by atoms with van der Waals surface area (Å²) < 4.78 is 10.9. The number of rotatable bonds is 4. The maximum atomic E-state index is 12.9. The first-order valence-electron chi connectivity index (χ1n) is 8.48. The Morgan fingerprint density at radius 3 is 2.71 bits per heavy atom. The summed E-state index contributed by atoms with van der Waals surface area (Å²) in [5, 5.41) is 0.924. The highest BCUT2D eigenvalue weighted by Crippen LogP contribution is 2.24. The van der Waals surface area contributed by atoms with Crippen LogP contribution in [0.4, 0.5) is 0 Å². The number of hydrogen-bond acceptors (Lipinski definition) is 4. The Kier molecular flexibility index (Phi) is 5.00. The summed E-state index contributed by atoms with van der Waals surface area (Å²) in [7, 11) is 1.64. The second kappa shape index (κ2) is 7.18. The van der Waals surface area contributed by atoms with Crippen molar-refractivity contribution < 1.29 is 14.3 Å². The van der Waals surface area contributed by atoms with E-state index in [1.54, 1.807) is 7.11 Å². The molecule has 0 radical (unpaired) electrons. The zero-order valence-electron chi connectivity index (χ0n) is 14.5. The summed E-state index contributed by atoms with van der Waals surface area (Å²) >= 11 is 0. The van der Waals surface area contributed by atoms with E-state index < -0.39 is 0 Å². The average Bonchev–Trinajstić information content (AvgIpc) is 2.61. The highest BCUT2D eigenvalue weighted by atomic mass is 16.5.